The highest BCUT2D eigenvalue weighted by Gasteiger charge is 2.12. The summed E-state index contributed by atoms with van der Waals surface area (Å²) < 4.78 is 18.7. The second kappa shape index (κ2) is 6.37. The highest BCUT2D eigenvalue weighted by molar-refractivity contribution is 5.90. The molecule has 1 fully saturated rings. The average Bonchev–Trinajstić information content (AvgIpc) is 2.63. The van der Waals surface area contributed by atoms with E-state index in [0.29, 0.717) is 17.2 Å². The minimum atomic E-state index is -0.320. The van der Waals surface area contributed by atoms with Crippen LogP contribution in [0.3, 0.4) is 0 Å². The lowest BCUT2D eigenvalue weighted by Crippen LogP contribution is -2.36. The summed E-state index contributed by atoms with van der Waals surface area (Å²) in [7, 11) is 0. The summed E-state index contributed by atoms with van der Waals surface area (Å²) in [5, 5.41) is 3.95. The molecule has 4 rings (SSSR count). The number of morpholine rings is 1. The smallest absolute Gasteiger partial charge is 0.142 e. The zero-order valence-corrected chi connectivity index (χ0v) is 12.9. The summed E-state index contributed by atoms with van der Waals surface area (Å²) in [6, 6.07) is 8.40. The molecular weight excluding hydrogens is 309 g/mol. The fourth-order valence-corrected chi connectivity index (χ4v) is 2.76. The van der Waals surface area contributed by atoms with Crippen LogP contribution in [0.1, 0.15) is 0 Å². The summed E-state index contributed by atoms with van der Waals surface area (Å²) in [5.41, 5.74) is 1.64. The number of pyridine rings is 1. The van der Waals surface area contributed by atoms with Gasteiger partial charge < -0.3 is 15.0 Å². The fourth-order valence-electron chi connectivity index (χ4n) is 2.76. The Hall–Kier alpha value is -2.80. The molecule has 3 heterocycles. The van der Waals surface area contributed by atoms with Crippen LogP contribution >= 0.6 is 0 Å². The van der Waals surface area contributed by atoms with Crippen LogP contribution in [-0.4, -0.2) is 41.3 Å². The van der Waals surface area contributed by atoms with Crippen LogP contribution in [0, 0.1) is 5.82 Å². The average molecular weight is 325 g/mol. The van der Waals surface area contributed by atoms with Crippen molar-refractivity contribution in [2.45, 2.75) is 0 Å². The second-order valence-corrected chi connectivity index (χ2v) is 5.51. The molecule has 6 nitrogen and oxygen atoms in total. The lowest BCUT2D eigenvalue weighted by Gasteiger charge is -2.28. The largest absolute Gasteiger partial charge is 0.378 e. The standard InChI is InChI=1S/C17H16FN5O/c18-12-1-2-14-15(9-12)20-11-21-17(14)22-16-10-13(3-4-19-16)23-5-7-24-8-6-23/h1-4,9-11H,5-8H2,(H,19,20,21,22). The van der Waals surface area contributed by atoms with E-state index in [2.05, 4.69) is 25.2 Å². The van der Waals surface area contributed by atoms with Gasteiger partial charge >= 0.3 is 0 Å². The Balaban J connectivity index is 1.63. The first-order valence-electron chi connectivity index (χ1n) is 7.76. The molecule has 2 aromatic heterocycles. The zero-order chi connectivity index (χ0) is 16.4. The molecule has 7 heteroatoms. The van der Waals surface area contributed by atoms with Crippen LogP contribution in [0.5, 0.6) is 0 Å². The van der Waals surface area contributed by atoms with Crippen LogP contribution in [0.2, 0.25) is 0 Å². The van der Waals surface area contributed by atoms with Crippen LogP contribution in [0.4, 0.5) is 21.7 Å². The number of nitrogens with one attached hydrogen (secondary N) is 1. The summed E-state index contributed by atoms with van der Waals surface area (Å²) in [4.78, 5) is 15.0. The molecule has 0 amide bonds. The van der Waals surface area contributed by atoms with Crippen LogP contribution in [0.15, 0.2) is 42.9 Å². The van der Waals surface area contributed by atoms with E-state index in [1.54, 1.807) is 12.3 Å². The molecule has 24 heavy (non-hydrogen) atoms. The van der Waals surface area contributed by atoms with Crippen molar-refractivity contribution < 1.29 is 9.13 Å². The van der Waals surface area contributed by atoms with Crippen molar-refractivity contribution in [1.29, 1.82) is 0 Å². The number of hydrogen-bond acceptors (Lipinski definition) is 6. The number of benzene rings is 1. The van der Waals surface area contributed by atoms with Gasteiger partial charge in [-0.25, -0.2) is 19.3 Å². The predicted octanol–water partition coefficient (Wildman–Crippen LogP) is 2.74. The summed E-state index contributed by atoms with van der Waals surface area (Å²) in [5.74, 6) is 0.967. The van der Waals surface area contributed by atoms with E-state index < -0.39 is 0 Å². The summed E-state index contributed by atoms with van der Waals surface area (Å²) in [6.07, 6.45) is 3.17. The molecule has 0 bridgehead atoms. The van der Waals surface area contributed by atoms with Gasteiger partial charge in [0, 0.05) is 42.5 Å². The first-order valence-corrected chi connectivity index (χ1v) is 7.76. The molecule has 0 aliphatic carbocycles. The van der Waals surface area contributed by atoms with Crippen molar-refractivity contribution in [3.05, 3.63) is 48.7 Å². The van der Waals surface area contributed by atoms with Crippen molar-refractivity contribution in [2.24, 2.45) is 0 Å². The minimum Gasteiger partial charge on any atom is -0.378 e. The van der Waals surface area contributed by atoms with Gasteiger partial charge in [0.25, 0.3) is 0 Å². The molecule has 122 valence electrons. The molecule has 1 N–H and O–H groups in total. The Morgan fingerprint density at radius 3 is 2.79 bits per heavy atom. The molecule has 1 aliphatic rings. The van der Waals surface area contributed by atoms with Crippen LogP contribution < -0.4 is 10.2 Å². The van der Waals surface area contributed by atoms with Crippen molar-refractivity contribution in [3.63, 3.8) is 0 Å². The molecule has 1 saturated heterocycles. The Bertz CT molecular complexity index is 866. The molecule has 0 spiro atoms. The predicted molar refractivity (Wildman–Crippen MR) is 90.0 cm³/mol. The number of ether oxygens (including phenoxy) is 1. The maximum Gasteiger partial charge on any atom is 0.142 e. The van der Waals surface area contributed by atoms with Crippen molar-refractivity contribution in [1.82, 2.24) is 15.0 Å². The summed E-state index contributed by atoms with van der Waals surface area (Å²) >= 11 is 0. The Labute approximate surface area is 138 Å². The molecule has 1 aliphatic heterocycles. The van der Waals surface area contributed by atoms with E-state index >= 15 is 0 Å². The number of anilines is 3. The fraction of sp³-hybridized carbons (Fsp3) is 0.235. The van der Waals surface area contributed by atoms with E-state index in [0.717, 1.165) is 37.4 Å². The number of halogens is 1. The van der Waals surface area contributed by atoms with Gasteiger partial charge in [0.2, 0.25) is 0 Å². The van der Waals surface area contributed by atoms with Crippen LogP contribution in [-0.2, 0) is 4.74 Å². The quantitative estimate of drug-likeness (QED) is 0.799. The first kappa shape index (κ1) is 14.8. The third-order valence-electron chi connectivity index (χ3n) is 3.96. The second-order valence-electron chi connectivity index (χ2n) is 5.51. The van der Waals surface area contributed by atoms with E-state index in [-0.39, 0.29) is 5.82 Å². The summed E-state index contributed by atoms with van der Waals surface area (Å²) in [6.45, 7) is 3.18. The maximum atomic E-state index is 13.3. The van der Waals surface area contributed by atoms with E-state index in [1.165, 1.54) is 18.5 Å². The first-order chi connectivity index (χ1) is 11.8. The van der Waals surface area contributed by atoms with Crippen molar-refractivity contribution >= 4 is 28.2 Å². The Kier molecular flexibility index (Phi) is 3.92. The zero-order valence-electron chi connectivity index (χ0n) is 12.9. The number of aromatic nitrogens is 3. The van der Waals surface area contributed by atoms with E-state index in [1.807, 2.05) is 12.1 Å². The van der Waals surface area contributed by atoms with Gasteiger partial charge in [0.1, 0.15) is 23.8 Å². The normalized spacial score (nSPS) is 14.8. The monoisotopic (exact) mass is 325 g/mol. The SMILES string of the molecule is Fc1ccc2c(Nc3cc(N4CCOCC4)ccn3)ncnc2c1. The highest BCUT2D eigenvalue weighted by Crippen LogP contribution is 2.25. The van der Waals surface area contributed by atoms with Gasteiger partial charge in [-0.3, -0.25) is 0 Å². The van der Waals surface area contributed by atoms with Gasteiger partial charge in [0.15, 0.2) is 0 Å². The van der Waals surface area contributed by atoms with Gasteiger partial charge in [-0.2, -0.15) is 0 Å². The van der Waals surface area contributed by atoms with E-state index in [9.17, 15) is 4.39 Å². The van der Waals surface area contributed by atoms with Crippen molar-refractivity contribution in [3.8, 4) is 0 Å². The highest BCUT2D eigenvalue weighted by atomic mass is 19.1. The van der Waals surface area contributed by atoms with Gasteiger partial charge in [-0.15, -0.1) is 0 Å². The number of nitrogens with zero attached hydrogens (tertiary/aromatic N) is 4. The Morgan fingerprint density at radius 2 is 1.92 bits per heavy atom. The van der Waals surface area contributed by atoms with E-state index in [4.69, 9.17) is 4.74 Å². The maximum absolute atomic E-state index is 13.3. The molecule has 0 saturated carbocycles. The third kappa shape index (κ3) is 2.98. The molecule has 0 atom stereocenters. The molecule has 0 radical (unpaired) electrons. The Morgan fingerprint density at radius 1 is 1.04 bits per heavy atom. The topological polar surface area (TPSA) is 63.2 Å². The third-order valence-corrected chi connectivity index (χ3v) is 3.96. The lowest BCUT2D eigenvalue weighted by atomic mass is 10.2. The number of rotatable bonds is 3. The number of hydrogen-bond donors (Lipinski definition) is 1. The molecule has 0 unspecified atom stereocenters. The van der Waals surface area contributed by atoms with Gasteiger partial charge in [0.05, 0.1) is 18.7 Å². The minimum absolute atomic E-state index is 0.320. The molecular formula is C17H16FN5O. The van der Waals surface area contributed by atoms with Gasteiger partial charge in [-0.1, -0.05) is 0 Å². The lowest BCUT2D eigenvalue weighted by molar-refractivity contribution is 0.122. The van der Waals surface area contributed by atoms with Crippen molar-refractivity contribution in [2.75, 3.05) is 36.5 Å². The van der Waals surface area contributed by atoms with Gasteiger partial charge in [-0.05, 0) is 18.2 Å². The molecule has 1 aromatic carbocycles. The van der Waals surface area contributed by atoms with Crippen LogP contribution in [0.25, 0.3) is 10.9 Å². The number of fused-ring (bicyclic) bond motifs is 1. The molecule has 3 aromatic rings.